The molecular formula is C8H15FMgO. The molecule has 0 aliphatic heterocycles. The minimum Gasteiger partial charge on any atom is -1.00 e. The average Bonchev–Trinajstić information content (AvgIpc) is 1.90. The van der Waals surface area contributed by atoms with E-state index >= 15 is 0 Å². The van der Waals surface area contributed by atoms with E-state index in [1.165, 1.54) is 6.42 Å². The monoisotopic (exact) mass is 170 g/mol. The minimum atomic E-state index is -0.530. The summed E-state index contributed by atoms with van der Waals surface area (Å²) in [5.74, 6) is 0. The molecule has 0 aromatic rings. The predicted molar refractivity (Wildman–Crippen MR) is 41.9 cm³/mol. The Morgan fingerprint density at radius 1 is 1.18 bits per heavy atom. The molecule has 0 aromatic carbocycles. The van der Waals surface area contributed by atoms with Gasteiger partial charge in [0.05, 0.1) is 0 Å². The van der Waals surface area contributed by atoms with Crippen molar-refractivity contribution in [2.24, 2.45) is 0 Å². The van der Waals surface area contributed by atoms with Gasteiger partial charge in [-0.1, -0.05) is 45.4 Å². The van der Waals surface area contributed by atoms with Crippen LogP contribution >= 0.6 is 0 Å². The molecule has 0 spiro atoms. The Bertz CT molecular complexity index is 92.1. The van der Waals surface area contributed by atoms with Crippen molar-refractivity contribution in [1.82, 2.24) is 0 Å². The van der Waals surface area contributed by atoms with Gasteiger partial charge in [-0.2, -0.15) is 0 Å². The fraction of sp³-hybridized carbons (Fsp3) is 1.00. The van der Waals surface area contributed by atoms with Crippen molar-refractivity contribution in [2.45, 2.75) is 51.0 Å². The van der Waals surface area contributed by atoms with Gasteiger partial charge in [0.2, 0.25) is 0 Å². The van der Waals surface area contributed by atoms with E-state index in [-0.39, 0.29) is 27.8 Å². The summed E-state index contributed by atoms with van der Waals surface area (Å²) in [4.78, 5) is 0. The van der Waals surface area contributed by atoms with Crippen LogP contribution < -0.4 is 9.81 Å². The summed E-state index contributed by atoms with van der Waals surface area (Å²) in [6, 6.07) is 0. The van der Waals surface area contributed by atoms with Crippen LogP contribution in [-0.2, 0) is 0 Å². The zero-order valence-electron chi connectivity index (χ0n) is 7.24. The Labute approximate surface area is 84.1 Å². The van der Waals surface area contributed by atoms with Crippen LogP contribution in [0.2, 0.25) is 0 Å². The summed E-state index contributed by atoms with van der Waals surface area (Å²) in [6.45, 7) is 2.01. The molecular weight excluding hydrogens is 155 g/mol. The van der Waals surface area contributed by atoms with Gasteiger partial charge in [-0.05, 0) is 0 Å². The first kappa shape index (κ1) is 14.2. The van der Waals surface area contributed by atoms with Crippen molar-refractivity contribution in [3.63, 3.8) is 0 Å². The summed E-state index contributed by atoms with van der Waals surface area (Å²) < 4.78 is 0. The number of rotatable bonds is 1. The molecule has 62 valence electrons. The molecule has 1 rings (SSSR count). The Morgan fingerprint density at radius 3 is 1.91 bits per heavy atom. The number of halogens is 1. The van der Waals surface area contributed by atoms with Gasteiger partial charge in [0.1, 0.15) is 0 Å². The molecule has 0 atom stereocenters. The SMILES string of the molecule is CCC1([O-])CCCCC1.[F-].[Mg+2]. The fourth-order valence-corrected chi connectivity index (χ4v) is 1.55. The number of hydrogen-bond acceptors (Lipinski definition) is 1. The van der Waals surface area contributed by atoms with Crippen molar-refractivity contribution in [1.29, 1.82) is 0 Å². The van der Waals surface area contributed by atoms with E-state index in [4.69, 9.17) is 0 Å². The topological polar surface area (TPSA) is 23.1 Å². The summed E-state index contributed by atoms with van der Waals surface area (Å²) >= 11 is 0. The average molecular weight is 171 g/mol. The van der Waals surface area contributed by atoms with Crippen molar-refractivity contribution in [3.8, 4) is 0 Å². The van der Waals surface area contributed by atoms with Crippen LogP contribution in [0.15, 0.2) is 0 Å². The second-order valence-electron chi connectivity index (χ2n) is 3.10. The molecule has 0 unspecified atom stereocenters. The van der Waals surface area contributed by atoms with Gasteiger partial charge in [0.15, 0.2) is 0 Å². The predicted octanol–water partition coefficient (Wildman–Crippen LogP) is -1.92. The molecule has 1 fully saturated rings. The van der Waals surface area contributed by atoms with Crippen LogP contribution in [0.5, 0.6) is 0 Å². The Morgan fingerprint density at radius 2 is 1.64 bits per heavy atom. The first-order valence-electron chi connectivity index (χ1n) is 3.97. The molecule has 0 heterocycles. The van der Waals surface area contributed by atoms with Crippen molar-refractivity contribution >= 4 is 23.1 Å². The molecule has 1 aliphatic rings. The Balaban J connectivity index is 0. The van der Waals surface area contributed by atoms with Gasteiger partial charge in [-0.3, -0.25) is 0 Å². The maximum atomic E-state index is 11.5. The Kier molecular flexibility index (Phi) is 8.01. The molecule has 1 saturated carbocycles. The van der Waals surface area contributed by atoms with E-state index in [9.17, 15) is 5.11 Å². The van der Waals surface area contributed by atoms with Gasteiger partial charge in [0, 0.05) is 0 Å². The zero-order valence-corrected chi connectivity index (χ0v) is 8.65. The third-order valence-corrected chi connectivity index (χ3v) is 2.41. The molecule has 1 nitrogen and oxygen atoms in total. The van der Waals surface area contributed by atoms with Crippen LogP contribution in [0.4, 0.5) is 0 Å². The Hall–Kier alpha value is 0.656. The van der Waals surface area contributed by atoms with E-state index < -0.39 is 5.60 Å². The summed E-state index contributed by atoms with van der Waals surface area (Å²) in [5.41, 5.74) is -0.530. The maximum Gasteiger partial charge on any atom is 2.00 e. The molecule has 3 heteroatoms. The first-order chi connectivity index (χ1) is 4.27. The summed E-state index contributed by atoms with van der Waals surface area (Å²) in [5, 5.41) is 11.5. The van der Waals surface area contributed by atoms with Crippen molar-refractivity contribution < 1.29 is 9.81 Å². The molecule has 0 N–H and O–H groups in total. The third-order valence-electron chi connectivity index (χ3n) is 2.41. The van der Waals surface area contributed by atoms with Crippen LogP contribution in [0.25, 0.3) is 0 Å². The fourth-order valence-electron chi connectivity index (χ4n) is 1.55. The quantitative estimate of drug-likeness (QED) is 0.421. The van der Waals surface area contributed by atoms with Crippen molar-refractivity contribution in [2.75, 3.05) is 0 Å². The van der Waals surface area contributed by atoms with Crippen molar-refractivity contribution in [3.05, 3.63) is 0 Å². The van der Waals surface area contributed by atoms with Gasteiger partial charge >= 0.3 is 23.1 Å². The molecule has 0 bridgehead atoms. The zero-order chi connectivity index (χ0) is 6.74. The molecule has 0 aromatic heterocycles. The normalized spacial score (nSPS) is 21.3. The van der Waals surface area contributed by atoms with E-state index in [0.29, 0.717) is 0 Å². The second kappa shape index (κ2) is 6.20. The van der Waals surface area contributed by atoms with E-state index in [0.717, 1.165) is 32.1 Å². The smallest absolute Gasteiger partial charge is 1.00 e. The van der Waals surface area contributed by atoms with E-state index in [2.05, 4.69) is 0 Å². The summed E-state index contributed by atoms with van der Waals surface area (Å²) in [7, 11) is 0. The second-order valence-corrected chi connectivity index (χ2v) is 3.10. The van der Waals surface area contributed by atoms with Gasteiger partial charge in [-0.25, -0.2) is 0 Å². The summed E-state index contributed by atoms with van der Waals surface area (Å²) in [6.07, 6.45) is 6.28. The maximum absolute atomic E-state index is 11.5. The van der Waals surface area contributed by atoms with Crippen LogP contribution in [-0.4, -0.2) is 28.7 Å². The molecule has 0 amide bonds. The largest absolute Gasteiger partial charge is 2.00 e. The van der Waals surface area contributed by atoms with Crippen LogP contribution in [0, 0.1) is 0 Å². The molecule has 0 radical (unpaired) electrons. The third kappa shape index (κ3) is 4.28. The van der Waals surface area contributed by atoms with Crippen LogP contribution in [0.3, 0.4) is 0 Å². The van der Waals surface area contributed by atoms with Gasteiger partial charge in [-0.15, -0.1) is 5.60 Å². The van der Waals surface area contributed by atoms with E-state index in [1.807, 2.05) is 6.92 Å². The van der Waals surface area contributed by atoms with Crippen LogP contribution in [0.1, 0.15) is 45.4 Å². The molecule has 0 saturated heterocycles. The standard InChI is InChI=1S/C8H15O.FH.Mg/c1-2-8(9)6-4-3-5-7-8;;/h2-7H2,1H3;1H;/q-1;;+2/p-1. The number of hydrogen-bond donors (Lipinski definition) is 0. The van der Waals surface area contributed by atoms with Gasteiger partial charge < -0.3 is 9.81 Å². The molecule has 1 aliphatic carbocycles. The minimum absolute atomic E-state index is 0. The van der Waals surface area contributed by atoms with Gasteiger partial charge in [0.25, 0.3) is 0 Å². The first-order valence-corrected chi connectivity index (χ1v) is 3.97. The molecule has 11 heavy (non-hydrogen) atoms. The van der Waals surface area contributed by atoms with E-state index in [1.54, 1.807) is 0 Å².